The molecule has 0 saturated heterocycles. The minimum Gasteiger partial charge on any atom is -0.356 e. The Morgan fingerprint density at radius 3 is 2.41 bits per heavy atom. The molecule has 0 aliphatic carbocycles. The zero-order valence-electron chi connectivity index (χ0n) is 12.5. The van der Waals surface area contributed by atoms with E-state index < -0.39 is 11.6 Å². The predicted octanol–water partition coefficient (Wildman–Crippen LogP) is 3.56. The van der Waals surface area contributed by atoms with Crippen LogP contribution >= 0.6 is 0 Å². The molecular weight excluding hydrogens is 284 g/mol. The summed E-state index contributed by atoms with van der Waals surface area (Å²) < 4.78 is 26.9. The van der Waals surface area contributed by atoms with Crippen molar-refractivity contribution in [3.8, 4) is 0 Å². The highest BCUT2D eigenvalue weighted by molar-refractivity contribution is 5.76. The van der Waals surface area contributed by atoms with E-state index in [-0.39, 0.29) is 24.3 Å². The van der Waals surface area contributed by atoms with Crippen LogP contribution < -0.4 is 5.32 Å². The van der Waals surface area contributed by atoms with E-state index in [0.717, 1.165) is 12.0 Å². The third kappa shape index (κ3) is 4.65. The van der Waals surface area contributed by atoms with Gasteiger partial charge < -0.3 is 5.32 Å². The fourth-order valence-electron chi connectivity index (χ4n) is 2.31. The number of benzene rings is 2. The largest absolute Gasteiger partial charge is 0.356 e. The highest BCUT2D eigenvalue weighted by atomic mass is 19.1. The van der Waals surface area contributed by atoms with E-state index in [4.69, 9.17) is 0 Å². The van der Waals surface area contributed by atoms with E-state index in [9.17, 15) is 13.6 Å². The normalized spacial score (nSPS) is 10.5. The molecule has 2 aromatic carbocycles. The fourth-order valence-corrected chi connectivity index (χ4v) is 2.31. The Labute approximate surface area is 129 Å². The summed E-state index contributed by atoms with van der Waals surface area (Å²) in [7, 11) is 0. The lowest BCUT2D eigenvalue weighted by Crippen LogP contribution is -2.26. The Kier molecular flexibility index (Phi) is 5.64. The number of carbonyl (C=O) groups is 1. The van der Waals surface area contributed by atoms with Crippen molar-refractivity contribution in [3.63, 3.8) is 0 Å². The molecule has 0 aromatic heterocycles. The summed E-state index contributed by atoms with van der Waals surface area (Å²) in [5.41, 5.74) is 2.30. The average Bonchev–Trinajstić information content (AvgIpc) is 2.47. The van der Waals surface area contributed by atoms with E-state index in [2.05, 4.69) is 11.4 Å². The van der Waals surface area contributed by atoms with Gasteiger partial charge in [0.1, 0.15) is 11.6 Å². The van der Waals surface area contributed by atoms with Crippen LogP contribution in [0.15, 0.2) is 42.5 Å². The van der Waals surface area contributed by atoms with Gasteiger partial charge in [-0.2, -0.15) is 0 Å². The van der Waals surface area contributed by atoms with Crippen LogP contribution in [0, 0.1) is 18.6 Å². The van der Waals surface area contributed by atoms with Gasteiger partial charge >= 0.3 is 0 Å². The summed E-state index contributed by atoms with van der Waals surface area (Å²) in [5, 5.41) is 2.78. The Balaban J connectivity index is 1.77. The van der Waals surface area contributed by atoms with Crippen molar-refractivity contribution >= 4 is 5.91 Å². The van der Waals surface area contributed by atoms with E-state index in [1.807, 2.05) is 25.1 Å². The molecule has 22 heavy (non-hydrogen) atoms. The third-order valence-electron chi connectivity index (χ3n) is 3.48. The summed E-state index contributed by atoms with van der Waals surface area (Å²) >= 11 is 0. The number of hydrogen-bond donors (Lipinski definition) is 1. The molecule has 0 bridgehead atoms. The van der Waals surface area contributed by atoms with Crippen LogP contribution in [0.3, 0.4) is 0 Å². The molecule has 2 nitrogen and oxygen atoms in total. The first-order chi connectivity index (χ1) is 10.6. The molecule has 0 heterocycles. The lowest BCUT2D eigenvalue weighted by Gasteiger charge is -2.07. The van der Waals surface area contributed by atoms with Gasteiger partial charge in [-0.15, -0.1) is 0 Å². The SMILES string of the molecule is Cc1cccc(CCNC(=O)CCc2c(F)cccc2F)c1. The average molecular weight is 303 g/mol. The predicted molar refractivity (Wildman–Crippen MR) is 82.6 cm³/mol. The van der Waals surface area contributed by atoms with Crippen LogP contribution in [-0.4, -0.2) is 12.5 Å². The van der Waals surface area contributed by atoms with E-state index in [0.29, 0.717) is 6.54 Å². The molecule has 0 fully saturated rings. The molecule has 2 rings (SSSR count). The van der Waals surface area contributed by atoms with Crippen LogP contribution in [0.5, 0.6) is 0 Å². The van der Waals surface area contributed by atoms with Gasteiger partial charge in [0, 0.05) is 18.5 Å². The van der Waals surface area contributed by atoms with Gasteiger partial charge in [0.05, 0.1) is 0 Å². The maximum atomic E-state index is 13.4. The number of halogens is 2. The minimum absolute atomic E-state index is 0.0312. The molecule has 0 aliphatic heterocycles. The maximum absolute atomic E-state index is 13.4. The summed E-state index contributed by atoms with van der Waals surface area (Å²) in [6.07, 6.45) is 0.877. The molecule has 0 radical (unpaired) electrons. The fraction of sp³-hybridized carbons (Fsp3) is 0.278. The van der Waals surface area contributed by atoms with Gasteiger partial charge in [-0.3, -0.25) is 4.79 Å². The molecule has 4 heteroatoms. The Morgan fingerprint density at radius 2 is 1.73 bits per heavy atom. The topological polar surface area (TPSA) is 29.1 Å². The second-order valence-corrected chi connectivity index (χ2v) is 5.29. The molecule has 0 atom stereocenters. The Bertz CT molecular complexity index is 635. The second-order valence-electron chi connectivity index (χ2n) is 5.29. The van der Waals surface area contributed by atoms with Crippen LogP contribution in [0.4, 0.5) is 8.78 Å². The standard InChI is InChI=1S/C18H19F2NO/c1-13-4-2-5-14(12-13)10-11-21-18(22)9-8-15-16(19)6-3-7-17(15)20/h2-7,12H,8-11H2,1H3,(H,21,22). The summed E-state index contributed by atoms with van der Waals surface area (Å²) in [4.78, 5) is 11.7. The van der Waals surface area contributed by atoms with Gasteiger partial charge in [0.2, 0.25) is 5.91 Å². The Hall–Kier alpha value is -2.23. The molecule has 1 amide bonds. The summed E-state index contributed by atoms with van der Waals surface area (Å²) in [6.45, 7) is 2.53. The van der Waals surface area contributed by atoms with Gasteiger partial charge in [0.25, 0.3) is 0 Å². The Morgan fingerprint density at radius 1 is 1.05 bits per heavy atom. The smallest absolute Gasteiger partial charge is 0.220 e. The first-order valence-electron chi connectivity index (χ1n) is 7.31. The minimum atomic E-state index is -0.604. The zero-order valence-corrected chi connectivity index (χ0v) is 12.5. The molecule has 0 saturated carbocycles. The van der Waals surface area contributed by atoms with Gasteiger partial charge in [-0.1, -0.05) is 35.9 Å². The zero-order chi connectivity index (χ0) is 15.9. The summed E-state index contributed by atoms with van der Waals surface area (Å²) in [6, 6.07) is 11.8. The monoisotopic (exact) mass is 303 g/mol. The third-order valence-corrected chi connectivity index (χ3v) is 3.48. The second kappa shape index (κ2) is 7.69. The molecule has 2 aromatic rings. The van der Waals surface area contributed by atoms with Crippen LogP contribution in [-0.2, 0) is 17.6 Å². The molecule has 1 N–H and O–H groups in total. The van der Waals surface area contributed by atoms with E-state index in [1.165, 1.54) is 23.8 Å². The highest BCUT2D eigenvalue weighted by Gasteiger charge is 2.10. The maximum Gasteiger partial charge on any atom is 0.220 e. The quantitative estimate of drug-likeness (QED) is 0.868. The molecule has 0 aliphatic rings. The summed E-state index contributed by atoms with van der Waals surface area (Å²) in [5.74, 6) is -1.41. The molecular formula is C18H19F2NO. The number of nitrogens with one attached hydrogen (secondary N) is 1. The first-order valence-corrected chi connectivity index (χ1v) is 7.31. The first kappa shape index (κ1) is 16.1. The van der Waals surface area contributed by atoms with E-state index >= 15 is 0 Å². The number of amides is 1. The lowest BCUT2D eigenvalue weighted by molar-refractivity contribution is -0.121. The van der Waals surface area contributed by atoms with Crippen molar-refractivity contribution in [1.82, 2.24) is 5.32 Å². The van der Waals surface area contributed by atoms with Crippen molar-refractivity contribution in [2.45, 2.75) is 26.2 Å². The number of rotatable bonds is 6. The highest BCUT2D eigenvalue weighted by Crippen LogP contribution is 2.13. The molecule has 0 spiro atoms. The molecule has 116 valence electrons. The van der Waals surface area contributed by atoms with Crippen LogP contribution in [0.1, 0.15) is 23.1 Å². The van der Waals surface area contributed by atoms with Gasteiger partial charge in [0.15, 0.2) is 0 Å². The lowest BCUT2D eigenvalue weighted by atomic mass is 10.1. The molecule has 0 unspecified atom stereocenters. The van der Waals surface area contributed by atoms with Gasteiger partial charge in [-0.05, 0) is 37.5 Å². The number of carbonyl (C=O) groups excluding carboxylic acids is 1. The number of aryl methyl sites for hydroxylation is 1. The van der Waals surface area contributed by atoms with Crippen molar-refractivity contribution in [3.05, 3.63) is 70.8 Å². The van der Waals surface area contributed by atoms with Gasteiger partial charge in [-0.25, -0.2) is 8.78 Å². The van der Waals surface area contributed by atoms with E-state index in [1.54, 1.807) is 0 Å². The number of hydrogen-bond acceptors (Lipinski definition) is 1. The van der Waals surface area contributed by atoms with Crippen molar-refractivity contribution in [2.24, 2.45) is 0 Å². The van der Waals surface area contributed by atoms with Crippen molar-refractivity contribution in [2.75, 3.05) is 6.54 Å². The van der Waals surface area contributed by atoms with Crippen LogP contribution in [0.2, 0.25) is 0 Å². The van der Waals surface area contributed by atoms with Crippen molar-refractivity contribution < 1.29 is 13.6 Å². The van der Waals surface area contributed by atoms with Crippen LogP contribution in [0.25, 0.3) is 0 Å². The van der Waals surface area contributed by atoms with Crippen molar-refractivity contribution in [1.29, 1.82) is 0 Å².